The van der Waals surface area contributed by atoms with Crippen LogP contribution in [0.25, 0.3) is 0 Å². The SMILES string of the molecule is CC(=O)OC(C)=O.O=[N+]([O-])O. The number of esters is 2. The average molecular weight is 165 g/mol. The molecule has 0 aliphatic carbocycles. The Morgan fingerprint density at radius 1 is 1.36 bits per heavy atom. The lowest BCUT2D eigenvalue weighted by atomic mass is 10.7. The number of hydrogen-bond donors (Lipinski definition) is 1. The summed E-state index contributed by atoms with van der Waals surface area (Å²) >= 11 is 0. The molecular weight excluding hydrogens is 158 g/mol. The quantitative estimate of drug-likeness (QED) is 0.229. The van der Waals surface area contributed by atoms with E-state index in [0.717, 1.165) is 0 Å². The molecule has 11 heavy (non-hydrogen) atoms. The maximum atomic E-state index is 9.81. The van der Waals surface area contributed by atoms with Crippen LogP contribution >= 0.6 is 0 Å². The van der Waals surface area contributed by atoms with Crippen molar-refractivity contribution in [1.82, 2.24) is 0 Å². The number of ether oxygens (including phenoxy) is 1. The fourth-order valence-corrected chi connectivity index (χ4v) is 0.202. The standard InChI is InChI=1S/C4H6O3.HNO3/c1-3(5)7-4(2)6;2-1(3)4/h1-2H3;(H,2,3,4). The van der Waals surface area contributed by atoms with Crippen LogP contribution in [0.5, 0.6) is 0 Å². The van der Waals surface area contributed by atoms with E-state index in [4.69, 9.17) is 15.3 Å². The number of carbonyl (C=O) groups is 2. The topological polar surface area (TPSA) is 107 Å². The Morgan fingerprint density at radius 2 is 1.55 bits per heavy atom. The Morgan fingerprint density at radius 3 is 1.55 bits per heavy atom. The normalized spacial score (nSPS) is 7.09. The van der Waals surface area contributed by atoms with Crippen LogP contribution in [-0.4, -0.2) is 22.2 Å². The average Bonchev–Trinajstić information content (AvgIpc) is 1.56. The Labute approximate surface area is 61.7 Å². The van der Waals surface area contributed by atoms with Crippen molar-refractivity contribution in [2.45, 2.75) is 13.8 Å². The van der Waals surface area contributed by atoms with E-state index in [1.54, 1.807) is 0 Å². The number of rotatable bonds is 0. The second kappa shape index (κ2) is 6.46. The highest BCUT2D eigenvalue weighted by atomic mass is 16.9. The molecule has 64 valence electrons. The van der Waals surface area contributed by atoms with Crippen molar-refractivity contribution >= 4 is 11.9 Å². The predicted octanol–water partition coefficient (Wildman–Crippen LogP) is -0.252. The molecule has 0 rings (SSSR count). The summed E-state index contributed by atoms with van der Waals surface area (Å²) in [5.74, 6) is -1.12. The molecule has 0 unspecified atom stereocenters. The molecule has 0 saturated carbocycles. The van der Waals surface area contributed by atoms with Crippen molar-refractivity contribution in [2.75, 3.05) is 0 Å². The minimum atomic E-state index is -1.50. The molecule has 0 saturated heterocycles. The van der Waals surface area contributed by atoms with Crippen LogP contribution in [0.3, 0.4) is 0 Å². The van der Waals surface area contributed by atoms with Gasteiger partial charge < -0.3 is 9.94 Å². The Kier molecular flexibility index (Phi) is 7.08. The van der Waals surface area contributed by atoms with Crippen molar-refractivity contribution in [3.05, 3.63) is 10.1 Å². The molecule has 0 aromatic carbocycles. The molecule has 7 heteroatoms. The molecule has 1 N–H and O–H groups in total. The molecule has 0 heterocycles. The summed E-state index contributed by atoms with van der Waals surface area (Å²) in [6.07, 6.45) is 0. The highest BCUT2D eigenvalue weighted by molar-refractivity contribution is 5.82. The number of nitrogens with zero attached hydrogens (tertiary/aromatic N) is 1. The first-order chi connectivity index (χ1) is 4.86. The first-order valence-electron chi connectivity index (χ1n) is 2.38. The summed E-state index contributed by atoms with van der Waals surface area (Å²) in [5, 5.41) is 13.6. The summed E-state index contributed by atoms with van der Waals surface area (Å²) in [6, 6.07) is 0. The van der Waals surface area contributed by atoms with Gasteiger partial charge in [-0.25, -0.2) is 0 Å². The van der Waals surface area contributed by atoms with E-state index in [1.165, 1.54) is 13.8 Å². The minimum absolute atomic E-state index is 0.562. The van der Waals surface area contributed by atoms with Crippen LogP contribution in [0.4, 0.5) is 0 Å². The Bertz CT molecular complexity index is 148. The van der Waals surface area contributed by atoms with Gasteiger partial charge in [0, 0.05) is 13.8 Å². The van der Waals surface area contributed by atoms with Crippen LogP contribution in [0.1, 0.15) is 13.8 Å². The van der Waals surface area contributed by atoms with Crippen LogP contribution < -0.4 is 0 Å². The second-order valence-corrected chi connectivity index (χ2v) is 1.32. The molecule has 0 aliphatic rings. The van der Waals surface area contributed by atoms with E-state index in [1.807, 2.05) is 0 Å². The maximum absolute atomic E-state index is 9.81. The van der Waals surface area contributed by atoms with Gasteiger partial charge in [0.1, 0.15) is 0 Å². The molecule has 0 spiro atoms. The summed E-state index contributed by atoms with van der Waals surface area (Å²) in [4.78, 5) is 28.0. The van der Waals surface area contributed by atoms with Crippen LogP contribution in [-0.2, 0) is 14.3 Å². The first-order valence-corrected chi connectivity index (χ1v) is 2.38. The van der Waals surface area contributed by atoms with Crippen molar-refractivity contribution in [1.29, 1.82) is 0 Å². The van der Waals surface area contributed by atoms with Crippen molar-refractivity contribution < 1.29 is 24.6 Å². The maximum Gasteiger partial charge on any atom is 0.310 e. The Balaban J connectivity index is 0. The van der Waals surface area contributed by atoms with Crippen LogP contribution in [0, 0.1) is 10.1 Å². The zero-order chi connectivity index (χ0) is 9.44. The molecule has 0 aromatic heterocycles. The van der Waals surface area contributed by atoms with Gasteiger partial charge in [0.05, 0.1) is 0 Å². The fourth-order valence-electron chi connectivity index (χ4n) is 0.202. The molecule has 7 nitrogen and oxygen atoms in total. The van der Waals surface area contributed by atoms with Crippen LogP contribution in [0.15, 0.2) is 0 Å². The van der Waals surface area contributed by atoms with Gasteiger partial charge in [-0.1, -0.05) is 0 Å². The molecule has 0 aliphatic heterocycles. The molecule has 0 fully saturated rings. The minimum Gasteiger partial charge on any atom is -0.394 e. The molecular formula is C4H7NO6. The molecule has 0 atom stereocenters. The van der Waals surface area contributed by atoms with E-state index in [0.29, 0.717) is 0 Å². The molecule has 0 aromatic rings. The number of hydrogen-bond acceptors (Lipinski definition) is 5. The molecule has 0 bridgehead atoms. The first kappa shape index (κ1) is 12.1. The summed E-state index contributed by atoms with van der Waals surface area (Å²) in [6.45, 7) is 2.36. The van der Waals surface area contributed by atoms with Gasteiger partial charge >= 0.3 is 11.9 Å². The highest BCUT2D eigenvalue weighted by Gasteiger charge is 1.93. The van der Waals surface area contributed by atoms with E-state index in [2.05, 4.69) is 4.74 Å². The predicted molar refractivity (Wildman–Crippen MR) is 31.2 cm³/mol. The van der Waals surface area contributed by atoms with Crippen molar-refractivity contribution in [3.8, 4) is 0 Å². The zero-order valence-corrected chi connectivity index (χ0v) is 5.94. The van der Waals surface area contributed by atoms with E-state index >= 15 is 0 Å². The highest BCUT2D eigenvalue weighted by Crippen LogP contribution is 1.73. The van der Waals surface area contributed by atoms with Gasteiger partial charge in [-0.15, -0.1) is 10.1 Å². The van der Waals surface area contributed by atoms with E-state index < -0.39 is 17.0 Å². The van der Waals surface area contributed by atoms with Gasteiger partial charge in [0.25, 0.3) is 5.09 Å². The third-order valence-corrected chi connectivity index (χ3v) is 0.287. The fraction of sp³-hybridized carbons (Fsp3) is 0.500. The lowest BCUT2D eigenvalue weighted by molar-refractivity contribution is -0.742. The summed E-state index contributed by atoms with van der Waals surface area (Å²) in [5.41, 5.74) is 0. The second-order valence-electron chi connectivity index (χ2n) is 1.32. The van der Waals surface area contributed by atoms with Gasteiger partial charge in [0.2, 0.25) is 0 Å². The van der Waals surface area contributed by atoms with Gasteiger partial charge in [0.15, 0.2) is 0 Å². The van der Waals surface area contributed by atoms with Gasteiger partial charge in [-0.05, 0) is 0 Å². The smallest absolute Gasteiger partial charge is 0.310 e. The summed E-state index contributed by atoms with van der Waals surface area (Å²) < 4.78 is 3.97. The Hall–Kier alpha value is -1.66. The van der Waals surface area contributed by atoms with Crippen molar-refractivity contribution in [2.24, 2.45) is 0 Å². The van der Waals surface area contributed by atoms with Gasteiger partial charge in [-0.3, -0.25) is 9.59 Å². The summed E-state index contributed by atoms with van der Waals surface area (Å²) in [7, 11) is 0. The third kappa shape index (κ3) is 61.2. The lowest BCUT2D eigenvalue weighted by Gasteiger charge is -1.87. The van der Waals surface area contributed by atoms with Crippen molar-refractivity contribution in [3.63, 3.8) is 0 Å². The lowest BCUT2D eigenvalue weighted by Crippen LogP contribution is -2.03. The van der Waals surface area contributed by atoms with E-state index in [9.17, 15) is 9.59 Å². The monoisotopic (exact) mass is 165 g/mol. The number of carbonyl (C=O) groups excluding carboxylic acids is 2. The zero-order valence-electron chi connectivity index (χ0n) is 5.94. The van der Waals surface area contributed by atoms with E-state index in [-0.39, 0.29) is 0 Å². The van der Waals surface area contributed by atoms with Crippen LogP contribution in [0.2, 0.25) is 0 Å². The molecule has 0 amide bonds. The third-order valence-electron chi connectivity index (χ3n) is 0.287. The largest absolute Gasteiger partial charge is 0.394 e. The van der Waals surface area contributed by atoms with Gasteiger partial charge in [-0.2, -0.15) is 0 Å². The molecule has 0 radical (unpaired) electrons.